The van der Waals surface area contributed by atoms with Crippen LogP contribution in [0.2, 0.25) is 0 Å². The minimum absolute atomic E-state index is 0.176. The summed E-state index contributed by atoms with van der Waals surface area (Å²) in [4.78, 5) is 29.3. The summed E-state index contributed by atoms with van der Waals surface area (Å²) in [5.41, 5.74) is 0.140. The molecule has 0 radical (unpaired) electrons. The van der Waals surface area contributed by atoms with Gasteiger partial charge >= 0.3 is 12.1 Å². The first-order valence-electron chi connectivity index (χ1n) is 7.44. The number of hydrogen-bond acceptors (Lipinski definition) is 6. The average molecular weight is 305 g/mol. The number of ether oxygens (including phenoxy) is 2. The predicted octanol–water partition coefficient (Wildman–Crippen LogP) is 0.813. The van der Waals surface area contributed by atoms with E-state index in [4.69, 9.17) is 9.47 Å². The molecular formula is C15H19N3O4. The SMILES string of the molecule is O=C(OC(=O)N1CCC2(CC1)CNCCO2)c1ccncc1. The molecule has 0 aliphatic carbocycles. The molecule has 22 heavy (non-hydrogen) atoms. The molecule has 1 amide bonds. The maximum absolute atomic E-state index is 12.1. The number of carbonyl (C=O) groups excluding carboxylic acids is 2. The van der Waals surface area contributed by atoms with Gasteiger partial charge in [0, 0.05) is 38.6 Å². The Bertz CT molecular complexity index is 533. The second kappa shape index (κ2) is 6.41. The number of aromatic nitrogens is 1. The van der Waals surface area contributed by atoms with E-state index in [0.717, 1.165) is 25.9 Å². The van der Waals surface area contributed by atoms with E-state index in [1.54, 1.807) is 4.90 Å². The standard InChI is InChI=1S/C15H19N3O4/c19-13(12-1-5-16-6-2-12)22-14(20)18-8-3-15(4-9-18)11-17-7-10-21-15/h1-2,5-6,17H,3-4,7-11H2. The van der Waals surface area contributed by atoms with E-state index in [1.807, 2.05) is 0 Å². The molecule has 2 aliphatic heterocycles. The van der Waals surface area contributed by atoms with E-state index < -0.39 is 12.1 Å². The zero-order valence-electron chi connectivity index (χ0n) is 12.3. The molecule has 0 atom stereocenters. The summed E-state index contributed by atoms with van der Waals surface area (Å²) in [6.07, 6.45) is 3.87. The smallest absolute Gasteiger partial charge is 0.372 e. The molecule has 1 N–H and O–H groups in total. The number of hydrogen-bond donors (Lipinski definition) is 1. The van der Waals surface area contributed by atoms with Crippen LogP contribution in [-0.2, 0) is 9.47 Å². The van der Waals surface area contributed by atoms with Crippen LogP contribution in [0.1, 0.15) is 23.2 Å². The second-order valence-electron chi connectivity index (χ2n) is 5.59. The molecular weight excluding hydrogens is 286 g/mol. The van der Waals surface area contributed by atoms with E-state index in [2.05, 4.69) is 10.3 Å². The molecule has 0 aromatic carbocycles. The molecule has 2 fully saturated rings. The summed E-state index contributed by atoms with van der Waals surface area (Å²) >= 11 is 0. The number of amides is 1. The van der Waals surface area contributed by atoms with Gasteiger partial charge in [-0.2, -0.15) is 0 Å². The van der Waals surface area contributed by atoms with E-state index in [-0.39, 0.29) is 5.60 Å². The minimum atomic E-state index is -0.650. The van der Waals surface area contributed by atoms with E-state index in [1.165, 1.54) is 24.5 Å². The lowest BCUT2D eigenvalue weighted by atomic mass is 9.90. The summed E-state index contributed by atoms with van der Waals surface area (Å²) in [6, 6.07) is 3.03. The molecule has 1 aromatic rings. The molecule has 1 aromatic heterocycles. The zero-order chi connectivity index (χ0) is 15.4. The van der Waals surface area contributed by atoms with Crippen LogP contribution in [0.5, 0.6) is 0 Å². The number of pyridine rings is 1. The molecule has 0 unspecified atom stereocenters. The van der Waals surface area contributed by atoms with Gasteiger partial charge in [-0.25, -0.2) is 9.59 Å². The summed E-state index contributed by atoms with van der Waals surface area (Å²) in [7, 11) is 0. The first-order valence-corrected chi connectivity index (χ1v) is 7.44. The van der Waals surface area contributed by atoms with Crippen molar-refractivity contribution in [2.24, 2.45) is 0 Å². The van der Waals surface area contributed by atoms with Gasteiger partial charge in [-0.15, -0.1) is 0 Å². The number of carbonyl (C=O) groups is 2. The van der Waals surface area contributed by atoms with E-state index >= 15 is 0 Å². The number of nitrogens with zero attached hydrogens (tertiary/aromatic N) is 2. The van der Waals surface area contributed by atoms with Crippen molar-refractivity contribution in [3.8, 4) is 0 Å². The highest BCUT2D eigenvalue weighted by Crippen LogP contribution is 2.27. The minimum Gasteiger partial charge on any atom is -0.372 e. The third-order valence-electron chi connectivity index (χ3n) is 4.16. The van der Waals surface area contributed by atoms with Crippen LogP contribution < -0.4 is 5.32 Å². The van der Waals surface area contributed by atoms with Gasteiger partial charge in [0.25, 0.3) is 0 Å². The molecule has 1 spiro atoms. The van der Waals surface area contributed by atoms with Crippen LogP contribution in [0.25, 0.3) is 0 Å². The number of nitrogens with one attached hydrogen (secondary N) is 1. The van der Waals surface area contributed by atoms with Gasteiger partial charge in [-0.05, 0) is 25.0 Å². The van der Waals surface area contributed by atoms with Crippen molar-refractivity contribution >= 4 is 12.1 Å². The molecule has 3 heterocycles. The maximum atomic E-state index is 12.1. The monoisotopic (exact) mass is 305 g/mol. The van der Waals surface area contributed by atoms with Crippen molar-refractivity contribution in [3.63, 3.8) is 0 Å². The number of likely N-dealkylation sites (tertiary alicyclic amines) is 1. The van der Waals surface area contributed by atoms with Crippen molar-refractivity contribution in [2.75, 3.05) is 32.8 Å². The van der Waals surface area contributed by atoms with Gasteiger partial charge in [-0.3, -0.25) is 4.98 Å². The Balaban J connectivity index is 1.53. The normalized spacial score (nSPS) is 20.6. The molecule has 0 bridgehead atoms. The number of esters is 1. The third-order valence-corrected chi connectivity index (χ3v) is 4.16. The van der Waals surface area contributed by atoms with E-state index in [0.29, 0.717) is 25.3 Å². The van der Waals surface area contributed by atoms with Crippen LogP contribution in [0.3, 0.4) is 0 Å². The Hall–Kier alpha value is -1.99. The van der Waals surface area contributed by atoms with Crippen molar-refractivity contribution < 1.29 is 19.1 Å². The van der Waals surface area contributed by atoms with Gasteiger partial charge in [0.1, 0.15) is 0 Å². The van der Waals surface area contributed by atoms with Crippen molar-refractivity contribution in [1.82, 2.24) is 15.2 Å². The number of piperidine rings is 1. The van der Waals surface area contributed by atoms with Crippen molar-refractivity contribution in [1.29, 1.82) is 0 Å². The fourth-order valence-corrected chi connectivity index (χ4v) is 2.82. The van der Waals surface area contributed by atoms with E-state index in [9.17, 15) is 9.59 Å². The first-order chi connectivity index (χ1) is 10.7. The topological polar surface area (TPSA) is 80.8 Å². The van der Waals surface area contributed by atoms with Crippen molar-refractivity contribution in [2.45, 2.75) is 18.4 Å². The van der Waals surface area contributed by atoms with Gasteiger partial charge in [0.05, 0.1) is 17.8 Å². The highest BCUT2D eigenvalue weighted by Gasteiger charge is 2.38. The summed E-state index contributed by atoms with van der Waals surface area (Å²) in [5, 5.41) is 3.32. The fraction of sp³-hybridized carbons (Fsp3) is 0.533. The van der Waals surface area contributed by atoms with Crippen molar-refractivity contribution in [3.05, 3.63) is 30.1 Å². The second-order valence-corrected chi connectivity index (χ2v) is 5.59. The van der Waals surface area contributed by atoms with Gasteiger partial charge < -0.3 is 19.7 Å². The highest BCUT2D eigenvalue weighted by atomic mass is 16.6. The summed E-state index contributed by atoms with van der Waals surface area (Å²) < 4.78 is 10.8. The number of rotatable bonds is 1. The molecule has 7 heteroatoms. The molecule has 118 valence electrons. The maximum Gasteiger partial charge on any atom is 0.417 e. The largest absolute Gasteiger partial charge is 0.417 e. The van der Waals surface area contributed by atoms with Crippen LogP contribution >= 0.6 is 0 Å². The van der Waals surface area contributed by atoms with Crippen LogP contribution in [0.15, 0.2) is 24.5 Å². The Morgan fingerprint density at radius 2 is 2.00 bits per heavy atom. The Kier molecular flexibility index (Phi) is 4.35. The molecule has 0 saturated carbocycles. The van der Waals surface area contributed by atoms with Crippen LogP contribution in [-0.4, -0.2) is 60.3 Å². The quantitative estimate of drug-likeness (QED) is 0.611. The van der Waals surface area contributed by atoms with Gasteiger partial charge in [-0.1, -0.05) is 0 Å². The summed E-state index contributed by atoms with van der Waals surface area (Å²) in [5.74, 6) is -0.650. The van der Waals surface area contributed by atoms with Crippen LogP contribution in [0.4, 0.5) is 4.79 Å². The van der Waals surface area contributed by atoms with Crippen LogP contribution in [0, 0.1) is 0 Å². The Labute approximate surface area is 128 Å². The predicted molar refractivity (Wildman–Crippen MR) is 77.4 cm³/mol. The Morgan fingerprint density at radius 1 is 1.27 bits per heavy atom. The molecule has 2 saturated heterocycles. The summed E-state index contributed by atoms with van der Waals surface area (Å²) in [6.45, 7) is 3.44. The lowest BCUT2D eigenvalue weighted by molar-refractivity contribution is -0.0964. The molecule has 2 aliphatic rings. The lowest BCUT2D eigenvalue weighted by Gasteiger charge is -2.43. The zero-order valence-corrected chi connectivity index (χ0v) is 12.3. The highest BCUT2D eigenvalue weighted by molar-refractivity contribution is 5.96. The lowest BCUT2D eigenvalue weighted by Crippen LogP contribution is -2.56. The molecule has 3 rings (SSSR count). The van der Waals surface area contributed by atoms with Gasteiger partial charge in [0.15, 0.2) is 0 Å². The Morgan fingerprint density at radius 3 is 2.64 bits per heavy atom. The average Bonchev–Trinajstić information content (AvgIpc) is 2.57. The molecule has 7 nitrogen and oxygen atoms in total. The third kappa shape index (κ3) is 3.26. The first kappa shape index (κ1) is 14.9. The van der Waals surface area contributed by atoms with Gasteiger partial charge in [0.2, 0.25) is 0 Å². The number of morpholine rings is 1. The fourth-order valence-electron chi connectivity index (χ4n) is 2.82.